The average molecular weight is 556 g/mol. The number of nitrogens with one attached hydrogen (secondary N) is 2. The molecule has 0 spiro atoms. The second-order valence-electron chi connectivity index (χ2n) is 12.0. The minimum absolute atomic E-state index is 0.00637. The number of nitriles is 1. The summed E-state index contributed by atoms with van der Waals surface area (Å²) in [5, 5.41) is 25.4. The van der Waals surface area contributed by atoms with Crippen molar-refractivity contribution in [2.24, 2.45) is 40.4 Å². The van der Waals surface area contributed by atoms with Gasteiger partial charge in [0.2, 0.25) is 11.8 Å². The number of hydrogen-bond acceptors (Lipinski definition) is 7. The molecule has 5 rings (SSSR count). The topological polar surface area (TPSA) is 139 Å². The van der Waals surface area contributed by atoms with Gasteiger partial charge in [0, 0.05) is 32.0 Å². The number of alkyl halides is 2. The quantitative estimate of drug-likeness (QED) is 0.396. The van der Waals surface area contributed by atoms with E-state index in [0.717, 1.165) is 31.9 Å². The van der Waals surface area contributed by atoms with Gasteiger partial charge in [-0.05, 0) is 62.7 Å². The highest BCUT2D eigenvalue weighted by Gasteiger charge is 2.52. The largest absolute Gasteiger partial charge is 0.369 e. The molecule has 216 valence electrons. The number of piperidine rings is 1. The van der Waals surface area contributed by atoms with Gasteiger partial charge in [0.15, 0.2) is 0 Å². The number of hydrogen-bond donors (Lipinski definition) is 3. The fourth-order valence-electron chi connectivity index (χ4n) is 6.88. The summed E-state index contributed by atoms with van der Waals surface area (Å²) in [6.07, 6.45) is 10.5. The van der Waals surface area contributed by atoms with Crippen LogP contribution < -0.4 is 11.1 Å². The molecule has 1 saturated heterocycles. The Bertz CT molecular complexity index is 1150. The molecule has 0 aromatic rings. The second-order valence-corrected chi connectivity index (χ2v) is 12.0. The number of nitrogens with two attached hydrogens (primary N) is 1. The molecular weight excluding hydrogens is 516 g/mol. The fourth-order valence-corrected chi connectivity index (χ4v) is 6.88. The molecule has 9 nitrogen and oxygen atoms in total. The van der Waals surface area contributed by atoms with Crippen LogP contribution in [-0.4, -0.2) is 77.8 Å². The highest BCUT2D eigenvalue weighted by atomic mass is 19.1. The van der Waals surface area contributed by atoms with Crippen LogP contribution in [0.3, 0.4) is 0 Å². The fraction of sp³-hybridized carbons (Fsp3) is 0.690. The molecule has 2 heterocycles. The van der Waals surface area contributed by atoms with Gasteiger partial charge in [-0.3, -0.25) is 19.5 Å². The number of amides is 2. The molecule has 0 radical (unpaired) electrons. The monoisotopic (exact) mass is 555 g/mol. The van der Waals surface area contributed by atoms with Gasteiger partial charge in [-0.25, -0.2) is 8.78 Å². The molecule has 11 heteroatoms. The van der Waals surface area contributed by atoms with Crippen molar-refractivity contribution in [2.45, 2.75) is 69.2 Å². The summed E-state index contributed by atoms with van der Waals surface area (Å²) >= 11 is 0. The maximum Gasteiger partial charge on any atom is 0.230 e. The Balaban J connectivity index is 1.22. The van der Waals surface area contributed by atoms with Crippen LogP contribution in [0.5, 0.6) is 0 Å². The summed E-state index contributed by atoms with van der Waals surface area (Å²) in [7, 11) is 0. The van der Waals surface area contributed by atoms with Crippen molar-refractivity contribution in [1.29, 1.82) is 10.7 Å². The molecule has 8 atom stereocenters. The number of likely N-dealkylation sites (tertiary alicyclic amines) is 1. The second kappa shape index (κ2) is 11.8. The first-order valence-corrected chi connectivity index (χ1v) is 14.5. The summed E-state index contributed by atoms with van der Waals surface area (Å²) in [4.78, 5) is 26.8. The third-order valence-corrected chi connectivity index (χ3v) is 9.53. The predicted molar refractivity (Wildman–Crippen MR) is 146 cm³/mol. The lowest BCUT2D eigenvalue weighted by molar-refractivity contribution is -0.121. The molecule has 8 unspecified atom stereocenters. The van der Waals surface area contributed by atoms with E-state index in [1.807, 2.05) is 4.90 Å². The zero-order chi connectivity index (χ0) is 28.4. The number of hydrazone groups is 1. The van der Waals surface area contributed by atoms with E-state index < -0.39 is 41.5 Å². The Morgan fingerprint density at radius 3 is 2.73 bits per heavy atom. The molecule has 2 saturated carbocycles. The van der Waals surface area contributed by atoms with Crippen molar-refractivity contribution in [2.75, 3.05) is 26.2 Å². The minimum atomic E-state index is -1.41. The Morgan fingerprint density at radius 1 is 1.27 bits per heavy atom. The van der Waals surface area contributed by atoms with Gasteiger partial charge < -0.3 is 16.5 Å². The Labute approximate surface area is 234 Å². The first kappa shape index (κ1) is 28.4. The number of carbonyl (C=O) groups is 2. The molecule has 40 heavy (non-hydrogen) atoms. The van der Waals surface area contributed by atoms with Crippen LogP contribution in [0.15, 0.2) is 28.9 Å². The Morgan fingerprint density at radius 2 is 2.10 bits per heavy atom. The minimum Gasteiger partial charge on any atom is -0.369 e. The molecule has 2 amide bonds. The van der Waals surface area contributed by atoms with E-state index in [1.54, 1.807) is 0 Å². The average Bonchev–Trinajstić information content (AvgIpc) is 3.63. The summed E-state index contributed by atoms with van der Waals surface area (Å²) in [5.41, 5.74) is 5.70. The predicted octanol–water partition coefficient (Wildman–Crippen LogP) is 2.85. The molecule has 0 aromatic carbocycles. The van der Waals surface area contributed by atoms with E-state index in [0.29, 0.717) is 32.4 Å². The van der Waals surface area contributed by atoms with Crippen molar-refractivity contribution in [3.63, 3.8) is 0 Å². The summed E-state index contributed by atoms with van der Waals surface area (Å²) in [6.45, 7) is 1.08. The van der Waals surface area contributed by atoms with Gasteiger partial charge in [0.1, 0.15) is 24.1 Å². The van der Waals surface area contributed by atoms with Crippen LogP contribution in [0.2, 0.25) is 0 Å². The summed E-state index contributed by atoms with van der Waals surface area (Å²) in [6, 6.07) is 2.06. The Hall–Kier alpha value is -3.13. The number of rotatable bonds is 8. The van der Waals surface area contributed by atoms with E-state index in [4.69, 9.17) is 16.4 Å². The van der Waals surface area contributed by atoms with Gasteiger partial charge in [-0.1, -0.05) is 18.2 Å². The molecule has 3 aliphatic carbocycles. The SMILES string of the molecule is N#CC1CC1C(=O)NC1=NN(C2(CC=N)CCN(CC3CCC(C4=CCCC=C4)CC3F)CC2F)CC1C(N)=O. The lowest BCUT2D eigenvalue weighted by atomic mass is 9.75. The number of halogens is 2. The molecular formula is C29H39F2N7O2. The van der Waals surface area contributed by atoms with Crippen molar-refractivity contribution in [1.82, 2.24) is 15.2 Å². The number of amidine groups is 1. The van der Waals surface area contributed by atoms with Crippen LogP contribution in [0.25, 0.3) is 0 Å². The molecule has 0 bridgehead atoms. The normalized spacial score (nSPS) is 37.7. The van der Waals surface area contributed by atoms with E-state index >= 15 is 8.78 Å². The van der Waals surface area contributed by atoms with Crippen LogP contribution in [0, 0.1) is 46.3 Å². The van der Waals surface area contributed by atoms with Crippen molar-refractivity contribution >= 4 is 23.9 Å². The first-order chi connectivity index (χ1) is 19.3. The molecule has 2 aliphatic heterocycles. The smallest absolute Gasteiger partial charge is 0.230 e. The van der Waals surface area contributed by atoms with Gasteiger partial charge in [-0.15, -0.1) is 0 Å². The maximum atomic E-state index is 16.1. The van der Waals surface area contributed by atoms with Crippen LogP contribution in [0.4, 0.5) is 8.78 Å². The molecule has 5 aliphatic rings. The maximum absolute atomic E-state index is 16.1. The summed E-state index contributed by atoms with van der Waals surface area (Å²) in [5.74, 6) is -2.62. The molecule has 3 fully saturated rings. The van der Waals surface area contributed by atoms with E-state index in [-0.39, 0.29) is 43.1 Å². The van der Waals surface area contributed by atoms with E-state index in [2.05, 4.69) is 34.7 Å². The third-order valence-electron chi connectivity index (χ3n) is 9.53. The number of primary amides is 1. The van der Waals surface area contributed by atoms with Gasteiger partial charge in [0.25, 0.3) is 0 Å². The number of carbonyl (C=O) groups excluding carboxylic acids is 2. The van der Waals surface area contributed by atoms with Crippen molar-refractivity contribution < 1.29 is 18.4 Å². The third kappa shape index (κ3) is 5.69. The Kier molecular flexibility index (Phi) is 8.36. The van der Waals surface area contributed by atoms with Crippen molar-refractivity contribution in [3.8, 4) is 6.07 Å². The lowest BCUT2D eigenvalue weighted by Crippen LogP contribution is -2.62. The van der Waals surface area contributed by atoms with Gasteiger partial charge in [-0.2, -0.15) is 10.4 Å². The highest BCUT2D eigenvalue weighted by Crippen LogP contribution is 2.41. The standard InChI is InChI=1S/C29H39F2N7O2/c30-24-13-19(18-4-2-1-3-5-18)6-7-20(24)15-37-11-9-29(8-10-32,25(31)17-37)38-16-23(26(34)39)27(36-38)35-28(40)22-12-21(22)14-33/h2,4-5,10,19-25,32H,1,3,6-9,11-13,15-17H2,(H2,34,39)(H,35,36,40). The zero-order valence-corrected chi connectivity index (χ0v) is 22.8. The zero-order valence-electron chi connectivity index (χ0n) is 22.8. The number of nitrogens with zero attached hydrogens (tertiary/aromatic N) is 4. The van der Waals surface area contributed by atoms with E-state index in [1.165, 1.54) is 10.6 Å². The van der Waals surface area contributed by atoms with Crippen LogP contribution in [-0.2, 0) is 9.59 Å². The van der Waals surface area contributed by atoms with E-state index in [9.17, 15) is 9.59 Å². The lowest BCUT2D eigenvalue weighted by Gasteiger charge is -2.49. The molecule has 0 aromatic heterocycles. The first-order valence-electron chi connectivity index (χ1n) is 14.5. The highest BCUT2D eigenvalue weighted by molar-refractivity contribution is 6.10. The molecule has 4 N–H and O–H groups in total. The van der Waals surface area contributed by atoms with Crippen LogP contribution in [0.1, 0.15) is 51.4 Å². The van der Waals surface area contributed by atoms with Crippen LogP contribution >= 0.6 is 0 Å². The summed E-state index contributed by atoms with van der Waals surface area (Å²) < 4.78 is 31.4. The van der Waals surface area contributed by atoms with Gasteiger partial charge in [0.05, 0.1) is 30.0 Å². The van der Waals surface area contributed by atoms with Crippen molar-refractivity contribution in [3.05, 3.63) is 23.8 Å². The number of allylic oxidation sites excluding steroid dienone is 4. The van der Waals surface area contributed by atoms with Gasteiger partial charge >= 0.3 is 0 Å².